The van der Waals surface area contributed by atoms with Crippen molar-refractivity contribution in [2.24, 2.45) is 0 Å². The average molecular weight is 237 g/mol. The minimum atomic E-state index is 0.440. The van der Waals surface area contributed by atoms with Crippen molar-refractivity contribution in [3.05, 3.63) is 54.0 Å². The summed E-state index contributed by atoms with van der Waals surface area (Å²) in [5, 5.41) is 0. The Morgan fingerprint density at radius 2 is 2.11 bits per heavy atom. The number of hydrogen-bond acceptors (Lipinski definition) is 3. The van der Waals surface area contributed by atoms with Crippen molar-refractivity contribution >= 4 is 11.8 Å². The Kier molecular flexibility index (Phi) is 2.41. The summed E-state index contributed by atoms with van der Waals surface area (Å²) in [5.41, 5.74) is 3.10. The molecule has 0 aliphatic carbocycles. The van der Waals surface area contributed by atoms with Gasteiger partial charge in [-0.1, -0.05) is 12.1 Å². The van der Waals surface area contributed by atoms with Crippen LogP contribution in [0.25, 0.3) is 17.0 Å². The maximum atomic E-state index is 11.1. The highest BCUT2D eigenvalue weighted by atomic mass is 16.1. The van der Waals surface area contributed by atoms with Crippen LogP contribution in [0.1, 0.15) is 16.1 Å². The van der Waals surface area contributed by atoms with E-state index in [-0.39, 0.29) is 0 Å². The van der Waals surface area contributed by atoms with Gasteiger partial charge in [-0.3, -0.25) is 14.2 Å². The van der Waals surface area contributed by atoms with E-state index in [4.69, 9.17) is 0 Å². The topological polar surface area (TPSA) is 47.3 Å². The molecule has 0 saturated heterocycles. The fourth-order valence-electron chi connectivity index (χ4n) is 1.98. The predicted molar refractivity (Wildman–Crippen MR) is 68.5 cm³/mol. The zero-order valence-corrected chi connectivity index (χ0v) is 9.87. The molecule has 0 aliphatic rings. The second kappa shape index (κ2) is 4.07. The third-order valence-electron chi connectivity index (χ3n) is 2.82. The first-order valence-corrected chi connectivity index (χ1v) is 5.65. The molecular weight excluding hydrogens is 226 g/mol. The monoisotopic (exact) mass is 237 g/mol. The highest BCUT2D eigenvalue weighted by molar-refractivity contribution is 5.85. The Balaban J connectivity index is 2.36. The van der Waals surface area contributed by atoms with Crippen molar-refractivity contribution in [3.8, 4) is 11.5 Å². The molecule has 3 rings (SSSR count). The SMILES string of the molecule is Cc1ccc2c(C=O)nc(-c3ccccn3)n2c1. The summed E-state index contributed by atoms with van der Waals surface area (Å²) in [6.07, 6.45) is 4.45. The fraction of sp³-hybridized carbons (Fsp3) is 0.0714. The van der Waals surface area contributed by atoms with E-state index < -0.39 is 0 Å². The molecule has 0 bridgehead atoms. The molecule has 0 aliphatic heterocycles. The number of pyridine rings is 2. The summed E-state index contributed by atoms with van der Waals surface area (Å²) in [6, 6.07) is 9.50. The zero-order chi connectivity index (χ0) is 12.5. The van der Waals surface area contributed by atoms with Gasteiger partial charge in [0.2, 0.25) is 0 Å². The second-order valence-electron chi connectivity index (χ2n) is 4.12. The number of carbonyl (C=O) groups is 1. The van der Waals surface area contributed by atoms with E-state index in [2.05, 4.69) is 9.97 Å². The van der Waals surface area contributed by atoms with Gasteiger partial charge in [0.15, 0.2) is 12.1 Å². The number of aldehydes is 1. The van der Waals surface area contributed by atoms with Gasteiger partial charge in [-0.15, -0.1) is 0 Å². The first-order chi connectivity index (χ1) is 8.79. The van der Waals surface area contributed by atoms with E-state index >= 15 is 0 Å². The third kappa shape index (κ3) is 1.59. The van der Waals surface area contributed by atoms with Crippen molar-refractivity contribution in [1.82, 2.24) is 14.4 Å². The zero-order valence-electron chi connectivity index (χ0n) is 9.87. The number of nitrogens with zero attached hydrogens (tertiary/aromatic N) is 3. The molecule has 0 saturated carbocycles. The van der Waals surface area contributed by atoms with Crippen molar-refractivity contribution in [3.63, 3.8) is 0 Å². The van der Waals surface area contributed by atoms with Crippen LogP contribution in [0.3, 0.4) is 0 Å². The molecular formula is C14H11N3O. The van der Waals surface area contributed by atoms with Crippen LogP contribution in [0.2, 0.25) is 0 Å². The normalized spacial score (nSPS) is 10.7. The van der Waals surface area contributed by atoms with Gasteiger partial charge < -0.3 is 0 Å². The number of aromatic nitrogens is 3. The molecule has 0 N–H and O–H groups in total. The maximum absolute atomic E-state index is 11.1. The number of fused-ring (bicyclic) bond motifs is 1. The first-order valence-electron chi connectivity index (χ1n) is 5.65. The minimum absolute atomic E-state index is 0.440. The smallest absolute Gasteiger partial charge is 0.170 e. The summed E-state index contributed by atoms with van der Waals surface area (Å²) < 4.78 is 1.90. The lowest BCUT2D eigenvalue weighted by molar-refractivity contribution is 0.112. The highest BCUT2D eigenvalue weighted by Crippen LogP contribution is 2.20. The quantitative estimate of drug-likeness (QED) is 0.643. The van der Waals surface area contributed by atoms with Crippen LogP contribution in [0.5, 0.6) is 0 Å². The van der Waals surface area contributed by atoms with Crippen LogP contribution < -0.4 is 0 Å². The van der Waals surface area contributed by atoms with Crippen molar-refractivity contribution in [1.29, 1.82) is 0 Å². The summed E-state index contributed by atoms with van der Waals surface area (Å²) in [4.78, 5) is 19.7. The van der Waals surface area contributed by atoms with Gasteiger partial charge >= 0.3 is 0 Å². The van der Waals surface area contributed by atoms with Crippen LogP contribution in [-0.2, 0) is 0 Å². The predicted octanol–water partition coefficient (Wildman–Crippen LogP) is 2.52. The lowest BCUT2D eigenvalue weighted by Gasteiger charge is -2.01. The van der Waals surface area contributed by atoms with Crippen molar-refractivity contribution in [2.45, 2.75) is 6.92 Å². The number of aryl methyl sites for hydroxylation is 1. The molecule has 88 valence electrons. The lowest BCUT2D eigenvalue weighted by Crippen LogP contribution is -1.91. The Bertz CT molecular complexity index is 716. The molecule has 4 heteroatoms. The minimum Gasteiger partial charge on any atom is -0.297 e. The summed E-state index contributed by atoms with van der Waals surface area (Å²) in [5.74, 6) is 0.691. The van der Waals surface area contributed by atoms with E-state index in [1.54, 1.807) is 6.20 Å². The van der Waals surface area contributed by atoms with Crippen LogP contribution in [0, 0.1) is 6.92 Å². The van der Waals surface area contributed by atoms with E-state index in [1.807, 2.05) is 47.9 Å². The van der Waals surface area contributed by atoms with Gasteiger partial charge in [-0.05, 0) is 30.7 Å². The molecule has 0 spiro atoms. The number of hydrogen-bond donors (Lipinski definition) is 0. The van der Waals surface area contributed by atoms with Gasteiger partial charge in [-0.25, -0.2) is 4.98 Å². The van der Waals surface area contributed by atoms with Gasteiger partial charge in [0.05, 0.1) is 5.52 Å². The molecule has 4 nitrogen and oxygen atoms in total. The van der Waals surface area contributed by atoms with Crippen LogP contribution in [0.4, 0.5) is 0 Å². The molecule has 0 atom stereocenters. The van der Waals surface area contributed by atoms with Gasteiger partial charge in [0, 0.05) is 12.4 Å². The summed E-state index contributed by atoms with van der Waals surface area (Å²) >= 11 is 0. The number of imidazole rings is 1. The molecule has 3 aromatic rings. The maximum Gasteiger partial charge on any atom is 0.170 e. The molecule has 3 heterocycles. The molecule has 3 aromatic heterocycles. The van der Waals surface area contributed by atoms with Crippen LogP contribution in [-0.4, -0.2) is 20.7 Å². The standard InChI is InChI=1S/C14H11N3O/c1-10-5-6-13-12(9-18)16-14(17(13)8-10)11-4-2-3-7-15-11/h2-9H,1H3. The van der Waals surface area contributed by atoms with E-state index in [0.717, 1.165) is 23.1 Å². The van der Waals surface area contributed by atoms with Gasteiger partial charge in [-0.2, -0.15) is 0 Å². The van der Waals surface area contributed by atoms with Gasteiger partial charge in [0.1, 0.15) is 11.4 Å². The van der Waals surface area contributed by atoms with E-state index in [1.165, 1.54) is 0 Å². The fourth-order valence-corrected chi connectivity index (χ4v) is 1.98. The lowest BCUT2D eigenvalue weighted by atomic mass is 10.2. The summed E-state index contributed by atoms with van der Waals surface area (Å²) in [7, 11) is 0. The molecule has 18 heavy (non-hydrogen) atoms. The Labute approximate surface area is 104 Å². The largest absolute Gasteiger partial charge is 0.297 e. The van der Waals surface area contributed by atoms with E-state index in [9.17, 15) is 4.79 Å². The third-order valence-corrected chi connectivity index (χ3v) is 2.82. The molecule has 0 amide bonds. The molecule has 0 radical (unpaired) electrons. The van der Waals surface area contributed by atoms with Crippen LogP contribution >= 0.6 is 0 Å². The molecule has 0 aromatic carbocycles. The van der Waals surface area contributed by atoms with Crippen molar-refractivity contribution < 1.29 is 4.79 Å². The van der Waals surface area contributed by atoms with Gasteiger partial charge in [0.25, 0.3) is 0 Å². The Hall–Kier alpha value is -2.49. The second-order valence-corrected chi connectivity index (χ2v) is 4.12. The number of rotatable bonds is 2. The highest BCUT2D eigenvalue weighted by Gasteiger charge is 2.12. The Morgan fingerprint density at radius 1 is 1.22 bits per heavy atom. The Morgan fingerprint density at radius 3 is 2.83 bits per heavy atom. The van der Waals surface area contributed by atoms with Crippen LogP contribution in [0.15, 0.2) is 42.7 Å². The number of carbonyl (C=O) groups excluding carboxylic acids is 1. The summed E-state index contributed by atoms with van der Waals surface area (Å²) in [6.45, 7) is 2.00. The molecule has 0 unspecified atom stereocenters. The molecule has 0 fully saturated rings. The van der Waals surface area contributed by atoms with E-state index in [0.29, 0.717) is 11.5 Å². The van der Waals surface area contributed by atoms with Crippen molar-refractivity contribution in [2.75, 3.05) is 0 Å². The average Bonchev–Trinajstić information content (AvgIpc) is 2.77. The first kappa shape index (κ1) is 10.7.